The van der Waals surface area contributed by atoms with Gasteiger partial charge in [-0.25, -0.2) is 8.42 Å². The Bertz CT molecular complexity index is 709. The highest BCUT2D eigenvalue weighted by molar-refractivity contribution is 7.92. The molecule has 1 N–H and O–H groups in total. The zero-order chi connectivity index (χ0) is 17.2. The minimum atomic E-state index is -3.29. The van der Waals surface area contributed by atoms with E-state index in [9.17, 15) is 13.2 Å². The van der Waals surface area contributed by atoms with Gasteiger partial charge in [0.05, 0.1) is 11.9 Å². The zero-order valence-electron chi connectivity index (χ0n) is 14.3. The molecule has 3 rings (SSSR count). The molecular formula is C18H26N2O3S. The molecule has 0 atom stereocenters. The molecule has 5 nitrogen and oxygen atoms in total. The van der Waals surface area contributed by atoms with Crippen LogP contribution in [0.5, 0.6) is 0 Å². The number of hydrogen-bond donors (Lipinski definition) is 1. The first-order chi connectivity index (χ1) is 11.4. The summed E-state index contributed by atoms with van der Waals surface area (Å²) in [5.74, 6) is 0.712. The van der Waals surface area contributed by atoms with Crippen LogP contribution in [0.3, 0.4) is 0 Å². The Hall–Kier alpha value is -1.56. The van der Waals surface area contributed by atoms with E-state index in [0.29, 0.717) is 30.3 Å². The molecule has 1 fully saturated rings. The molecule has 0 saturated heterocycles. The Morgan fingerprint density at radius 2 is 2.00 bits per heavy atom. The standard InChI is InChI=1S/C18H26N2O3S/c1-24(22,23)20-12-4-7-15-9-10-16(13-17(15)20)19-18(21)11-8-14-5-2-3-6-14/h9-10,13-14H,2-8,11-12H2,1H3,(H,19,21). The average molecular weight is 350 g/mol. The second kappa shape index (κ2) is 7.13. The third-order valence-corrected chi connectivity index (χ3v) is 6.28. The van der Waals surface area contributed by atoms with E-state index in [-0.39, 0.29) is 5.91 Å². The molecule has 1 aliphatic heterocycles. The molecule has 1 heterocycles. The summed E-state index contributed by atoms with van der Waals surface area (Å²) >= 11 is 0. The summed E-state index contributed by atoms with van der Waals surface area (Å²) in [5, 5.41) is 2.93. The number of nitrogens with zero attached hydrogens (tertiary/aromatic N) is 1. The topological polar surface area (TPSA) is 66.5 Å². The fraction of sp³-hybridized carbons (Fsp3) is 0.611. The molecule has 6 heteroatoms. The van der Waals surface area contributed by atoms with Crippen molar-refractivity contribution in [2.45, 2.75) is 51.4 Å². The highest BCUT2D eigenvalue weighted by Gasteiger charge is 2.24. The number of fused-ring (bicyclic) bond motifs is 1. The third-order valence-electron chi connectivity index (χ3n) is 5.10. The molecule has 24 heavy (non-hydrogen) atoms. The van der Waals surface area contributed by atoms with Gasteiger partial charge in [-0.1, -0.05) is 31.7 Å². The quantitative estimate of drug-likeness (QED) is 0.886. The second-order valence-electron chi connectivity index (χ2n) is 7.02. The fourth-order valence-corrected chi connectivity index (χ4v) is 4.81. The SMILES string of the molecule is CS(=O)(=O)N1CCCc2ccc(NC(=O)CCC3CCCC3)cc21. The van der Waals surface area contributed by atoms with Crippen LogP contribution < -0.4 is 9.62 Å². The van der Waals surface area contributed by atoms with Gasteiger partial charge in [-0.3, -0.25) is 9.10 Å². The Morgan fingerprint density at radius 1 is 1.25 bits per heavy atom. The van der Waals surface area contributed by atoms with Gasteiger partial charge < -0.3 is 5.32 Å². The molecule has 1 aromatic rings. The van der Waals surface area contributed by atoms with E-state index in [1.807, 2.05) is 12.1 Å². The van der Waals surface area contributed by atoms with Crippen LogP contribution in [-0.4, -0.2) is 27.1 Å². The maximum Gasteiger partial charge on any atom is 0.232 e. The minimum absolute atomic E-state index is 0.0172. The van der Waals surface area contributed by atoms with Gasteiger partial charge in [0.1, 0.15) is 0 Å². The lowest BCUT2D eigenvalue weighted by Crippen LogP contribution is -2.34. The number of rotatable bonds is 5. The maximum absolute atomic E-state index is 12.2. The smallest absolute Gasteiger partial charge is 0.232 e. The fourth-order valence-electron chi connectivity index (χ4n) is 3.82. The number of carbonyl (C=O) groups is 1. The molecule has 0 spiro atoms. The van der Waals surface area contributed by atoms with Gasteiger partial charge in [-0.05, 0) is 42.9 Å². The van der Waals surface area contributed by atoms with Crippen molar-refractivity contribution in [1.29, 1.82) is 0 Å². The number of hydrogen-bond acceptors (Lipinski definition) is 3. The van der Waals surface area contributed by atoms with Gasteiger partial charge in [0, 0.05) is 18.7 Å². The van der Waals surface area contributed by atoms with Crippen molar-refractivity contribution >= 4 is 27.3 Å². The molecule has 0 radical (unpaired) electrons. The van der Waals surface area contributed by atoms with Crippen molar-refractivity contribution in [2.24, 2.45) is 5.92 Å². The summed E-state index contributed by atoms with van der Waals surface area (Å²) in [4.78, 5) is 12.2. The predicted octanol–water partition coefficient (Wildman–Crippen LogP) is 3.31. The van der Waals surface area contributed by atoms with Crippen molar-refractivity contribution < 1.29 is 13.2 Å². The van der Waals surface area contributed by atoms with E-state index in [1.54, 1.807) is 6.07 Å². The average Bonchev–Trinajstić information content (AvgIpc) is 3.05. The summed E-state index contributed by atoms with van der Waals surface area (Å²) in [6.45, 7) is 0.505. The highest BCUT2D eigenvalue weighted by Crippen LogP contribution is 2.32. The number of benzene rings is 1. The van der Waals surface area contributed by atoms with Crippen LogP contribution in [0, 0.1) is 5.92 Å². The van der Waals surface area contributed by atoms with E-state index < -0.39 is 10.0 Å². The molecule has 0 bridgehead atoms. The van der Waals surface area contributed by atoms with Gasteiger partial charge >= 0.3 is 0 Å². The number of carbonyl (C=O) groups excluding carboxylic acids is 1. The van der Waals surface area contributed by atoms with Crippen LogP contribution in [0.4, 0.5) is 11.4 Å². The Kier molecular flexibility index (Phi) is 5.13. The molecule has 1 amide bonds. The molecular weight excluding hydrogens is 324 g/mol. The number of anilines is 2. The lowest BCUT2D eigenvalue weighted by atomic mass is 10.0. The Labute approximate surface area is 144 Å². The zero-order valence-corrected chi connectivity index (χ0v) is 15.1. The molecule has 1 saturated carbocycles. The Morgan fingerprint density at radius 3 is 2.71 bits per heavy atom. The lowest BCUT2D eigenvalue weighted by Gasteiger charge is -2.29. The van der Waals surface area contributed by atoms with Crippen molar-refractivity contribution in [3.8, 4) is 0 Å². The number of amides is 1. The summed E-state index contributed by atoms with van der Waals surface area (Å²) in [6.07, 6.45) is 9.49. The van der Waals surface area contributed by atoms with E-state index in [1.165, 1.54) is 36.2 Å². The van der Waals surface area contributed by atoms with Crippen LogP contribution in [0.2, 0.25) is 0 Å². The molecule has 1 aromatic carbocycles. The predicted molar refractivity (Wildman–Crippen MR) is 96.8 cm³/mol. The highest BCUT2D eigenvalue weighted by atomic mass is 32.2. The molecule has 2 aliphatic rings. The normalized spacial score (nSPS) is 18.5. The van der Waals surface area contributed by atoms with Crippen molar-refractivity contribution in [2.75, 3.05) is 22.4 Å². The van der Waals surface area contributed by atoms with Crippen molar-refractivity contribution in [3.05, 3.63) is 23.8 Å². The Balaban J connectivity index is 1.67. The summed E-state index contributed by atoms with van der Waals surface area (Å²) in [7, 11) is -3.29. The first-order valence-electron chi connectivity index (χ1n) is 8.84. The first-order valence-corrected chi connectivity index (χ1v) is 10.7. The lowest BCUT2D eigenvalue weighted by molar-refractivity contribution is -0.116. The van der Waals surface area contributed by atoms with Crippen molar-refractivity contribution in [3.63, 3.8) is 0 Å². The van der Waals surface area contributed by atoms with E-state index >= 15 is 0 Å². The number of aryl methyl sites for hydroxylation is 1. The van der Waals surface area contributed by atoms with E-state index in [2.05, 4.69) is 5.32 Å². The second-order valence-corrected chi connectivity index (χ2v) is 8.93. The third kappa shape index (κ3) is 4.09. The summed E-state index contributed by atoms with van der Waals surface area (Å²) < 4.78 is 25.4. The minimum Gasteiger partial charge on any atom is -0.326 e. The monoisotopic (exact) mass is 350 g/mol. The molecule has 0 aromatic heterocycles. The van der Waals surface area contributed by atoms with Gasteiger partial charge in [-0.15, -0.1) is 0 Å². The van der Waals surface area contributed by atoms with Crippen LogP contribution in [0.15, 0.2) is 18.2 Å². The number of nitrogens with one attached hydrogen (secondary N) is 1. The van der Waals surface area contributed by atoms with Gasteiger partial charge in [0.2, 0.25) is 15.9 Å². The number of sulfonamides is 1. The van der Waals surface area contributed by atoms with Crippen LogP contribution in [0.1, 0.15) is 50.5 Å². The summed E-state index contributed by atoms with van der Waals surface area (Å²) in [5.41, 5.74) is 2.41. The maximum atomic E-state index is 12.2. The van der Waals surface area contributed by atoms with Crippen LogP contribution in [-0.2, 0) is 21.2 Å². The first kappa shape index (κ1) is 17.3. The molecule has 0 unspecified atom stereocenters. The van der Waals surface area contributed by atoms with Crippen LogP contribution in [0.25, 0.3) is 0 Å². The van der Waals surface area contributed by atoms with E-state index in [0.717, 1.165) is 24.8 Å². The molecule has 1 aliphatic carbocycles. The van der Waals surface area contributed by atoms with Crippen LogP contribution >= 0.6 is 0 Å². The van der Waals surface area contributed by atoms with Gasteiger partial charge in [0.25, 0.3) is 0 Å². The summed E-state index contributed by atoms with van der Waals surface area (Å²) in [6, 6.07) is 5.60. The van der Waals surface area contributed by atoms with Gasteiger partial charge in [0.15, 0.2) is 0 Å². The largest absolute Gasteiger partial charge is 0.326 e. The van der Waals surface area contributed by atoms with Gasteiger partial charge in [-0.2, -0.15) is 0 Å². The van der Waals surface area contributed by atoms with Crippen molar-refractivity contribution in [1.82, 2.24) is 0 Å². The molecule has 132 valence electrons. The van der Waals surface area contributed by atoms with E-state index in [4.69, 9.17) is 0 Å².